The molecule has 0 saturated carbocycles. The van der Waals surface area contributed by atoms with Crippen LogP contribution in [-0.4, -0.2) is 0 Å². The average Bonchev–Trinajstić information content (AvgIpc) is 2.38. The first-order valence-electron chi connectivity index (χ1n) is 7.06. The van der Waals surface area contributed by atoms with E-state index in [2.05, 4.69) is 50.3 Å². The fraction of sp³-hybridized carbons (Fsp3) is 0.529. The van der Waals surface area contributed by atoms with Crippen molar-refractivity contribution >= 4 is 5.57 Å². The number of rotatable bonds is 8. The van der Waals surface area contributed by atoms with Crippen molar-refractivity contribution in [1.29, 1.82) is 0 Å². The highest BCUT2D eigenvalue weighted by atomic mass is 14.0. The fourth-order valence-corrected chi connectivity index (χ4v) is 2.06. The first kappa shape index (κ1) is 14.0. The van der Waals surface area contributed by atoms with E-state index in [-0.39, 0.29) is 0 Å². The molecule has 0 spiro atoms. The van der Waals surface area contributed by atoms with Crippen LogP contribution >= 0.6 is 0 Å². The maximum atomic E-state index is 2.38. The molecule has 0 bridgehead atoms. The van der Waals surface area contributed by atoms with E-state index in [0.717, 1.165) is 0 Å². The van der Waals surface area contributed by atoms with Crippen LogP contribution in [0.2, 0.25) is 0 Å². The van der Waals surface area contributed by atoms with Gasteiger partial charge >= 0.3 is 0 Å². The van der Waals surface area contributed by atoms with Crippen molar-refractivity contribution in [3.8, 4) is 0 Å². The highest BCUT2D eigenvalue weighted by Gasteiger charge is 1.93. The predicted molar refractivity (Wildman–Crippen MR) is 78.1 cm³/mol. The zero-order valence-corrected chi connectivity index (χ0v) is 11.4. The minimum atomic E-state index is 1.23. The summed E-state index contributed by atoms with van der Waals surface area (Å²) in [5.74, 6) is 0. The number of benzene rings is 1. The highest BCUT2D eigenvalue weighted by Crippen LogP contribution is 2.15. The number of hydrogen-bond acceptors (Lipinski definition) is 0. The lowest BCUT2D eigenvalue weighted by atomic mass is 10.0. The van der Waals surface area contributed by atoms with Gasteiger partial charge in [-0.1, -0.05) is 75.4 Å². The van der Waals surface area contributed by atoms with E-state index in [4.69, 9.17) is 0 Å². The van der Waals surface area contributed by atoms with Crippen molar-refractivity contribution in [2.24, 2.45) is 0 Å². The third-order valence-electron chi connectivity index (χ3n) is 3.24. The molecule has 0 aliphatic rings. The van der Waals surface area contributed by atoms with Crippen LogP contribution in [0, 0.1) is 0 Å². The molecular formula is C17H26. The topological polar surface area (TPSA) is 0 Å². The molecule has 0 heterocycles. The minimum Gasteiger partial charge on any atom is -0.0810 e. The molecule has 94 valence electrons. The van der Waals surface area contributed by atoms with Gasteiger partial charge in [0.05, 0.1) is 0 Å². The number of unbranched alkanes of at least 4 members (excludes halogenated alkanes) is 6. The first-order chi connectivity index (χ1) is 8.34. The van der Waals surface area contributed by atoms with Gasteiger partial charge in [0, 0.05) is 0 Å². The molecule has 1 rings (SSSR count). The summed E-state index contributed by atoms with van der Waals surface area (Å²) in [7, 11) is 0. The van der Waals surface area contributed by atoms with Crippen LogP contribution in [0.5, 0.6) is 0 Å². The van der Waals surface area contributed by atoms with E-state index in [9.17, 15) is 0 Å². The van der Waals surface area contributed by atoms with E-state index in [1.165, 1.54) is 56.1 Å². The molecule has 0 N–H and O–H groups in total. The van der Waals surface area contributed by atoms with Crippen molar-refractivity contribution in [2.45, 2.75) is 58.8 Å². The second kappa shape index (κ2) is 9.04. The Bertz CT molecular complexity index is 308. The Labute approximate surface area is 107 Å². The predicted octanol–water partition coefficient (Wildman–Crippen LogP) is 5.84. The molecule has 0 heteroatoms. The van der Waals surface area contributed by atoms with E-state index >= 15 is 0 Å². The third kappa shape index (κ3) is 6.31. The molecule has 1 aromatic rings. The summed E-state index contributed by atoms with van der Waals surface area (Å²) in [4.78, 5) is 0. The van der Waals surface area contributed by atoms with Gasteiger partial charge in [0.15, 0.2) is 0 Å². The fourth-order valence-electron chi connectivity index (χ4n) is 2.06. The van der Waals surface area contributed by atoms with E-state index in [1.807, 2.05) is 0 Å². The maximum absolute atomic E-state index is 2.38. The Hall–Kier alpha value is -1.04. The quantitative estimate of drug-likeness (QED) is 0.492. The summed E-state index contributed by atoms with van der Waals surface area (Å²) in [6.07, 6.45) is 11.9. The lowest BCUT2D eigenvalue weighted by Gasteiger charge is -2.02. The molecule has 0 amide bonds. The normalized spacial score (nSPS) is 11.8. The molecular weight excluding hydrogens is 204 g/mol. The Morgan fingerprint density at radius 2 is 1.59 bits per heavy atom. The standard InChI is InChI=1S/C17H26/c1-3-4-5-6-7-8-10-13-16(2)17-14-11-9-12-15-17/h9,11-15H,3-8,10H2,1-2H3. The van der Waals surface area contributed by atoms with E-state index in [1.54, 1.807) is 0 Å². The molecule has 0 aliphatic heterocycles. The van der Waals surface area contributed by atoms with Crippen molar-refractivity contribution in [3.05, 3.63) is 42.0 Å². The van der Waals surface area contributed by atoms with Gasteiger partial charge in [0.1, 0.15) is 0 Å². The van der Waals surface area contributed by atoms with Crippen LogP contribution < -0.4 is 0 Å². The van der Waals surface area contributed by atoms with Gasteiger partial charge in [-0.3, -0.25) is 0 Å². The first-order valence-corrected chi connectivity index (χ1v) is 7.06. The molecule has 0 saturated heterocycles. The van der Waals surface area contributed by atoms with Crippen LogP contribution in [0.1, 0.15) is 64.4 Å². The van der Waals surface area contributed by atoms with Crippen LogP contribution in [-0.2, 0) is 0 Å². The smallest absolute Gasteiger partial charge is 0.0231 e. The molecule has 0 fully saturated rings. The second-order valence-corrected chi connectivity index (χ2v) is 4.81. The Balaban J connectivity index is 2.16. The van der Waals surface area contributed by atoms with Crippen LogP contribution in [0.3, 0.4) is 0 Å². The summed E-state index contributed by atoms with van der Waals surface area (Å²) < 4.78 is 0. The molecule has 0 unspecified atom stereocenters. The number of hydrogen-bond donors (Lipinski definition) is 0. The molecule has 1 aromatic carbocycles. The van der Waals surface area contributed by atoms with Gasteiger partial charge in [-0.25, -0.2) is 0 Å². The van der Waals surface area contributed by atoms with Gasteiger partial charge in [-0.15, -0.1) is 0 Å². The Kier molecular flexibility index (Phi) is 7.46. The van der Waals surface area contributed by atoms with Crippen LogP contribution in [0.4, 0.5) is 0 Å². The van der Waals surface area contributed by atoms with Crippen LogP contribution in [0.25, 0.3) is 5.57 Å². The van der Waals surface area contributed by atoms with Gasteiger partial charge in [0.2, 0.25) is 0 Å². The largest absolute Gasteiger partial charge is 0.0810 e. The molecule has 0 aromatic heterocycles. The zero-order chi connectivity index (χ0) is 12.3. The van der Waals surface area contributed by atoms with Crippen molar-refractivity contribution in [3.63, 3.8) is 0 Å². The second-order valence-electron chi connectivity index (χ2n) is 4.81. The van der Waals surface area contributed by atoms with E-state index in [0.29, 0.717) is 0 Å². The highest BCUT2D eigenvalue weighted by molar-refractivity contribution is 5.63. The van der Waals surface area contributed by atoms with Crippen molar-refractivity contribution in [1.82, 2.24) is 0 Å². The minimum absolute atomic E-state index is 1.23. The molecule has 0 radical (unpaired) electrons. The Morgan fingerprint density at radius 1 is 0.941 bits per heavy atom. The van der Waals surface area contributed by atoms with Gasteiger partial charge < -0.3 is 0 Å². The summed E-state index contributed by atoms with van der Waals surface area (Å²) in [6, 6.07) is 10.7. The molecule has 0 aliphatic carbocycles. The maximum Gasteiger partial charge on any atom is -0.0231 e. The van der Waals surface area contributed by atoms with Crippen molar-refractivity contribution in [2.75, 3.05) is 0 Å². The monoisotopic (exact) mass is 230 g/mol. The Morgan fingerprint density at radius 3 is 2.29 bits per heavy atom. The van der Waals surface area contributed by atoms with Gasteiger partial charge in [-0.2, -0.15) is 0 Å². The SMILES string of the molecule is CCCCCCCCC=C(C)c1ccccc1. The summed E-state index contributed by atoms with van der Waals surface area (Å²) in [6.45, 7) is 4.48. The van der Waals surface area contributed by atoms with Gasteiger partial charge in [0.25, 0.3) is 0 Å². The summed E-state index contributed by atoms with van der Waals surface area (Å²) in [5.41, 5.74) is 2.78. The lowest BCUT2D eigenvalue weighted by molar-refractivity contribution is 0.611. The van der Waals surface area contributed by atoms with Crippen LogP contribution in [0.15, 0.2) is 36.4 Å². The summed E-state index contributed by atoms with van der Waals surface area (Å²) in [5, 5.41) is 0. The summed E-state index contributed by atoms with van der Waals surface area (Å²) >= 11 is 0. The third-order valence-corrected chi connectivity index (χ3v) is 3.24. The van der Waals surface area contributed by atoms with Gasteiger partial charge in [-0.05, 0) is 30.9 Å². The number of allylic oxidation sites excluding steroid dienone is 2. The van der Waals surface area contributed by atoms with E-state index < -0.39 is 0 Å². The molecule has 17 heavy (non-hydrogen) atoms. The molecule has 0 atom stereocenters. The van der Waals surface area contributed by atoms with Crippen molar-refractivity contribution < 1.29 is 0 Å². The zero-order valence-electron chi connectivity index (χ0n) is 11.4. The lowest BCUT2D eigenvalue weighted by Crippen LogP contribution is -1.80. The average molecular weight is 230 g/mol. The molecule has 0 nitrogen and oxygen atoms in total.